The van der Waals surface area contributed by atoms with Crippen molar-refractivity contribution in [3.8, 4) is 5.88 Å². The lowest BCUT2D eigenvalue weighted by molar-refractivity contribution is 0.0778. The minimum Gasteiger partial charge on any atom is -0.471 e. The Balaban J connectivity index is 2.36. The van der Waals surface area contributed by atoms with Crippen LogP contribution in [0.3, 0.4) is 0 Å². The summed E-state index contributed by atoms with van der Waals surface area (Å²) in [5.41, 5.74) is -0.505. The fourth-order valence-electron chi connectivity index (χ4n) is 2.47. The lowest BCUT2D eigenvalue weighted by Crippen LogP contribution is -2.42. The molecule has 0 amide bonds. The Kier molecular flexibility index (Phi) is 4.48. The summed E-state index contributed by atoms with van der Waals surface area (Å²) in [4.78, 5) is 3.61. The molecule has 8 heteroatoms. The first-order valence-corrected chi connectivity index (χ1v) is 8.08. The van der Waals surface area contributed by atoms with Crippen molar-refractivity contribution >= 4 is 10.0 Å². The van der Waals surface area contributed by atoms with Crippen molar-refractivity contribution in [3.05, 3.63) is 18.3 Å². The van der Waals surface area contributed by atoms with Crippen LogP contribution in [-0.4, -0.2) is 42.8 Å². The van der Waals surface area contributed by atoms with Gasteiger partial charge >= 0.3 is 0 Å². The van der Waals surface area contributed by atoms with Gasteiger partial charge in [0.2, 0.25) is 15.9 Å². The predicted molar refractivity (Wildman–Crippen MR) is 72.9 cm³/mol. The fraction of sp³-hybridized carbons (Fsp3) is 0.615. The van der Waals surface area contributed by atoms with Gasteiger partial charge in [-0.15, -0.1) is 0 Å². The standard InChI is InChI=1S/C13H18F2N2O3S/c1-13(2)6-4-8-17(13)21(18,19)10-5-3-7-16-12(10)20-9-11(14)15/h3,5,7,11H,4,6,8-9H2,1-2H3. The van der Waals surface area contributed by atoms with Crippen molar-refractivity contribution in [3.63, 3.8) is 0 Å². The van der Waals surface area contributed by atoms with Gasteiger partial charge in [0.15, 0.2) is 6.61 Å². The smallest absolute Gasteiger partial charge is 0.272 e. The largest absolute Gasteiger partial charge is 0.471 e. The Morgan fingerprint density at radius 2 is 2.19 bits per heavy atom. The molecule has 0 unspecified atom stereocenters. The van der Waals surface area contributed by atoms with Crippen LogP contribution in [-0.2, 0) is 10.0 Å². The SMILES string of the molecule is CC1(C)CCCN1S(=O)(=O)c1cccnc1OCC(F)F. The lowest BCUT2D eigenvalue weighted by Gasteiger charge is -2.30. The zero-order valence-corrected chi connectivity index (χ0v) is 12.7. The molecule has 1 fully saturated rings. The molecule has 21 heavy (non-hydrogen) atoms. The third-order valence-corrected chi connectivity index (χ3v) is 5.60. The number of alkyl halides is 2. The second-order valence-corrected chi connectivity index (χ2v) is 7.33. The highest BCUT2D eigenvalue weighted by Crippen LogP contribution is 2.36. The van der Waals surface area contributed by atoms with Crippen LogP contribution < -0.4 is 4.74 Å². The van der Waals surface area contributed by atoms with Crippen molar-refractivity contribution in [2.45, 2.75) is 43.5 Å². The Morgan fingerprint density at radius 1 is 1.48 bits per heavy atom. The van der Waals surface area contributed by atoms with E-state index in [-0.39, 0.29) is 10.8 Å². The minimum absolute atomic E-state index is 0.166. The molecule has 0 spiro atoms. The fourth-order valence-corrected chi connectivity index (χ4v) is 4.40. The van der Waals surface area contributed by atoms with E-state index in [0.717, 1.165) is 12.8 Å². The normalized spacial score (nSPS) is 19.1. The molecule has 0 aliphatic carbocycles. The zero-order valence-electron chi connectivity index (χ0n) is 11.9. The van der Waals surface area contributed by atoms with Crippen LogP contribution in [0.2, 0.25) is 0 Å². The highest BCUT2D eigenvalue weighted by atomic mass is 32.2. The van der Waals surface area contributed by atoms with Crippen LogP contribution in [0.25, 0.3) is 0 Å². The molecule has 1 aliphatic rings. The maximum absolute atomic E-state index is 12.7. The van der Waals surface area contributed by atoms with Crippen molar-refractivity contribution < 1.29 is 21.9 Å². The molecule has 5 nitrogen and oxygen atoms in total. The highest BCUT2D eigenvalue weighted by molar-refractivity contribution is 7.89. The van der Waals surface area contributed by atoms with E-state index in [1.165, 1.54) is 22.6 Å². The van der Waals surface area contributed by atoms with Crippen LogP contribution >= 0.6 is 0 Å². The third-order valence-electron chi connectivity index (χ3n) is 3.48. The van der Waals surface area contributed by atoms with E-state index in [4.69, 9.17) is 4.74 Å². The maximum atomic E-state index is 12.7. The van der Waals surface area contributed by atoms with E-state index >= 15 is 0 Å². The van der Waals surface area contributed by atoms with E-state index in [9.17, 15) is 17.2 Å². The lowest BCUT2D eigenvalue weighted by atomic mass is 10.0. The van der Waals surface area contributed by atoms with Gasteiger partial charge < -0.3 is 4.74 Å². The van der Waals surface area contributed by atoms with Crippen molar-refractivity contribution in [1.82, 2.24) is 9.29 Å². The van der Waals surface area contributed by atoms with Gasteiger partial charge in [-0.2, -0.15) is 4.31 Å². The van der Waals surface area contributed by atoms with Gasteiger partial charge in [0, 0.05) is 18.3 Å². The van der Waals surface area contributed by atoms with Gasteiger partial charge in [-0.3, -0.25) is 0 Å². The molecule has 0 N–H and O–H groups in total. The maximum Gasteiger partial charge on any atom is 0.272 e. The molecule has 0 radical (unpaired) electrons. The summed E-state index contributed by atoms with van der Waals surface area (Å²) in [5, 5.41) is 0. The molecule has 1 aliphatic heterocycles. The second-order valence-electron chi connectivity index (χ2n) is 5.50. The summed E-state index contributed by atoms with van der Waals surface area (Å²) in [6.45, 7) is 3.20. The number of nitrogens with zero attached hydrogens (tertiary/aromatic N) is 2. The van der Waals surface area contributed by atoms with Crippen LogP contribution in [0.1, 0.15) is 26.7 Å². The molecular weight excluding hydrogens is 302 g/mol. The first kappa shape index (κ1) is 16.1. The third kappa shape index (κ3) is 3.32. The quantitative estimate of drug-likeness (QED) is 0.835. The molecule has 0 atom stereocenters. The molecule has 2 rings (SSSR count). The highest BCUT2D eigenvalue weighted by Gasteiger charge is 2.42. The molecule has 2 heterocycles. The summed E-state index contributed by atoms with van der Waals surface area (Å²) in [5.74, 6) is -0.277. The number of rotatable bonds is 5. The summed E-state index contributed by atoms with van der Waals surface area (Å²) >= 11 is 0. The molecule has 1 aromatic rings. The van der Waals surface area contributed by atoms with E-state index in [0.29, 0.717) is 6.54 Å². The van der Waals surface area contributed by atoms with Crippen molar-refractivity contribution in [2.24, 2.45) is 0 Å². The summed E-state index contributed by atoms with van der Waals surface area (Å²) in [7, 11) is -3.82. The number of ether oxygens (including phenoxy) is 1. The molecule has 0 bridgehead atoms. The summed E-state index contributed by atoms with van der Waals surface area (Å²) in [6.07, 6.45) is 0.139. The topological polar surface area (TPSA) is 59.5 Å². The van der Waals surface area contributed by atoms with Crippen LogP contribution in [0, 0.1) is 0 Å². The van der Waals surface area contributed by atoms with E-state index < -0.39 is 28.6 Å². The van der Waals surface area contributed by atoms with Gasteiger partial charge in [0.05, 0.1) is 0 Å². The van der Waals surface area contributed by atoms with E-state index in [1.807, 2.05) is 13.8 Å². The van der Waals surface area contributed by atoms with Crippen LogP contribution in [0.5, 0.6) is 5.88 Å². The Hall–Kier alpha value is -1.28. The average Bonchev–Trinajstić information content (AvgIpc) is 2.77. The first-order chi connectivity index (χ1) is 9.75. The van der Waals surface area contributed by atoms with Gasteiger partial charge in [-0.1, -0.05) is 0 Å². The van der Waals surface area contributed by atoms with Crippen molar-refractivity contribution in [2.75, 3.05) is 13.2 Å². The summed E-state index contributed by atoms with van der Waals surface area (Å²) in [6, 6.07) is 2.78. The molecule has 1 aromatic heterocycles. The average molecular weight is 320 g/mol. The van der Waals surface area contributed by atoms with E-state index in [1.54, 1.807) is 0 Å². The Labute approximate surface area is 123 Å². The second kappa shape index (κ2) is 5.84. The molecule has 0 saturated carbocycles. The first-order valence-electron chi connectivity index (χ1n) is 6.64. The number of aromatic nitrogens is 1. The Bertz CT molecular complexity index is 605. The minimum atomic E-state index is -3.82. The predicted octanol–water partition coefficient (Wildman–Crippen LogP) is 2.29. The van der Waals surface area contributed by atoms with Gasteiger partial charge in [0.25, 0.3) is 6.43 Å². The number of pyridine rings is 1. The number of hydrogen-bond donors (Lipinski definition) is 0. The molecule has 0 aromatic carbocycles. The monoisotopic (exact) mass is 320 g/mol. The Morgan fingerprint density at radius 3 is 2.76 bits per heavy atom. The molecular formula is C13H18F2N2O3S. The van der Waals surface area contributed by atoms with Gasteiger partial charge in [-0.25, -0.2) is 22.2 Å². The van der Waals surface area contributed by atoms with Gasteiger partial charge in [-0.05, 0) is 38.8 Å². The van der Waals surface area contributed by atoms with Gasteiger partial charge in [0.1, 0.15) is 4.90 Å². The van der Waals surface area contributed by atoms with Crippen LogP contribution in [0.15, 0.2) is 23.2 Å². The molecule has 118 valence electrons. The van der Waals surface area contributed by atoms with Crippen molar-refractivity contribution in [1.29, 1.82) is 0 Å². The summed E-state index contributed by atoms with van der Waals surface area (Å²) < 4.78 is 56.2. The number of halogens is 2. The zero-order chi connectivity index (χ0) is 15.7. The molecule has 1 saturated heterocycles. The number of sulfonamides is 1. The van der Waals surface area contributed by atoms with Crippen LogP contribution in [0.4, 0.5) is 8.78 Å². The van der Waals surface area contributed by atoms with E-state index in [2.05, 4.69) is 4.98 Å². The number of hydrogen-bond acceptors (Lipinski definition) is 4.